The van der Waals surface area contributed by atoms with Crippen LogP contribution in [0, 0.1) is 16.7 Å². The van der Waals surface area contributed by atoms with E-state index in [4.69, 9.17) is 0 Å². The van der Waals surface area contributed by atoms with E-state index in [0.717, 1.165) is 6.42 Å². The Labute approximate surface area is 120 Å². The van der Waals surface area contributed by atoms with E-state index in [1.165, 1.54) is 70.6 Å². The fourth-order valence-electron chi connectivity index (χ4n) is 5.13. The summed E-state index contributed by atoms with van der Waals surface area (Å²) in [6, 6.07) is 0. The van der Waals surface area contributed by atoms with Crippen LogP contribution in [-0.4, -0.2) is 11.7 Å². The summed E-state index contributed by atoms with van der Waals surface area (Å²) in [4.78, 5) is 0. The van der Waals surface area contributed by atoms with Gasteiger partial charge in [-0.05, 0) is 61.7 Å². The quantitative estimate of drug-likeness (QED) is 0.690. The van der Waals surface area contributed by atoms with Crippen molar-refractivity contribution in [2.45, 2.75) is 90.9 Å². The first kappa shape index (κ1) is 15.4. The zero-order chi connectivity index (χ0) is 13.8. The minimum absolute atomic E-state index is 0.370. The van der Waals surface area contributed by atoms with Crippen molar-refractivity contribution in [3.05, 3.63) is 0 Å². The van der Waals surface area contributed by atoms with Gasteiger partial charge in [0, 0.05) is 6.61 Å². The molecular formula is C18H34O. The molecule has 1 heteroatoms. The molecule has 19 heavy (non-hydrogen) atoms. The Kier molecular flexibility index (Phi) is 5.34. The number of rotatable bonds is 6. The molecule has 1 nitrogen and oxygen atoms in total. The van der Waals surface area contributed by atoms with Crippen molar-refractivity contribution < 1.29 is 5.11 Å². The van der Waals surface area contributed by atoms with Gasteiger partial charge in [-0.3, -0.25) is 0 Å². The largest absolute Gasteiger partial charge is 0.396 e. The molecule has 0 radical (unpaired) electrons. The van der Waals surface area contributed by atoms with E-state index in [1.807, 2.05) is 0 Å². The standard InChI is InChI=1S/C18H34O/c1-16(8-13-19)14-18(11-4-3-5-12-18)15-17(2)9-6-7-10-17/h16,19H,3-15H2,1-2H3. The van der Waals surface area contributed by atoms with E-state index in [-0.39, 0.29) is 0 Å². The highest BCUT2D eigenvalue weighted by Crippen LogP contribution is 2.53. The second-order valence-corrected chi connectivity index (χ2v) is 8.08. The van der Waals surface area contributed by atoms with E-state index in [9.17, 15) is 5.11 Å². The molecule has 2 saturated carbocycles. The smallest absolute Gasteiger partial charge is 0.0433 e. The van der Waals surface area contributed by atoms with Crippen LogP contribution in [0.5, 0.6) is 0 Å². The third-order valence-corrected chi connectivity index (χ3v) is 5.93. The van der Waals surface area contributed by atoms with Gasteiger partial charge in [0.05, 0.1) is 0 Å². The summed E-state index contributed by atoms with van der Waals surface area (Å²) < 4.78 is 0. The Hall–Kier alpha value is -0.0400. The fourth-order valence-corrected chi connectivity index (χ4v) is 5.13. The molecule has 0 aromatic rings. The molecule has 0 heterocycles. The average molecular weight is 266 g/mol. The highest BCUT2D eigenvalue weighted by molar-refractivity contribution is 4.92. The van der Waals surface area contributed by atoms with E-state index < -0.39 is 0 Å². The molecule has 0 spiro atoms. The Balaban J connectivity index is 2.01. The van der Waals surface area contributed by atoms with Crippen LogP contribution in [-0.2, 0) is 0 Å². The number of hydrogen-bond donors (Lipinski definition) is 1. The van der Waals surface area contributed by atoms with Gasteiger partial charge in [-0.2, -0.15) is 0 Å². The molecule has 0 aromatic heterocycles. The molecule has 0 aromatic carbocycles. The van der Waals surface area contributed by atoms with Gasteiger partial charge in [0.15, 0.2) is 0 Å². The van der Waals surface area contributed by atoms with Crippen molar-refractivity contribution in [3.63, 3.8) is 0 Å². The molecular weight excluding hydrogens is 232 g/mol. The minimum Gasteiger partial charge on any atom is -0.396 e. The van der Waals surface area contributed by atoms with Crippen LogP contribution in [0.15, 0.2) is 0 Å². The van der Waals surface area contributed by atoms with Crippen LogP contribution in [0.2, 0.25) is 0 Å². The third-order valence-electron chi connectivity index (χ3n) is 5.93. The molecule has 1 N–H and O–H groups in total. The lowest BCUT2D eigenvalue weighted by molar-refractivity contribution is 0.0669. The highest BCUT2D eigenvalue weighted by atomic mass is 16.3. The van der Waals surface area contributed by atoms with Gasteiger partial charge in [0.2, 0.25) is 0 Å². The topological polar surface area (TPSA) is 20.2 Å². The summed E-state index contributed by atoms with van der Waals surface area (Å²) in [6.07, 6.45) is 16.9. The summed E-state index contributed by atoms with van der Waals surface area (Å²) >= 11 is 0. The predicted octanol–water partition coefficient (Wildman–Crippen LogP) is 5.32. The Morgan fingerprint density at radius 2 is 1.53 bits per heavy atom. The summed E-state index contributed by atoms with van der Waals surface area (Å²) in [7, 11) is 0. The highest BCUT2D eigenvalue weighted by Gasteiger charge is 2.41. The maximum Gasteiger partial charge on any atom is 0.0433 e. The molecule has 112 valence electrons. The molecule has 2 aliphatic rings. The van der Waals surface area contributed by atoms with E-state index in [1.54, 1.807) is 0 Å². The summed E-state index contributed by atoms with van der Waals surface area (Å²) in [5, 5.41) is 9.19. The predicted molar refractivity (Wildman–Crippen MR) is 82.2 cm³/mol. The lowest BCUT2D eigenvalue weighted by Crippen LogP contribution is -2.32. The van der Waals surface area contributed by atoms with Crippen molar-refractivity contribution in [3.8, 4) is 0 Å². The Morgan fingerprint density at radius 3 is 2.11 bits per heavy atom. The van der Waals surface area contributed by atoms with E-state index in [0.29, 0.717) is 23.4 Å². The van der Waals surface area contributed by atoms with Gasteiger partial charge < -0.3 is 5.11 Å². The second kappa shape index (κ2) is 6.61. The lowest BCUT2D eigenvalue weighted by Gasteiger charge is -2.44. The van der Waals surface area contributed by atoms with Gasteiger partial charge in [-0.15, -0.1) is 0 Å². The molecule has 2 aliphatic carbocycles. The Morgan fingerprint density at radius 1 is 0.947 bits per heavy atom. The molecule has 1 atom stereocenters. The maximum atomic E-state index is 9.19. The average Bonchev–Trinajstić information content (AvgIpc) is 2.76. The zero-order valence-corrected chi connectivity index (χ0v) is 13.2. The molecule has 0 saturated heterocycles. The first-order valence-corrected chi connectivity index (χ1v) is 8.68. The number of hydrogen-bond acceptors (Lipinski definition) is 1. The van der Waals surface area contributed by atoms with Crippen molar-refractivity contribution in [2.75, 3.05) is 6.61 Å². The summed E-state index contributed by atoms with van der Waals surface area (Å²) in [6.45, 7) is 5.27. The normalized spacial score (nSPS) is 27.3. The molecule has 1 unspecified atom stereocenters. The fraction of sp³-hybridized carbons (Fsp3) is 1.00. The van der Waals surface area contributed by atoms with Gasteiger partial charge in [-0.25, -0.2) is 0 Å². The van der Waals surface area contributed by atoms with Gasteiger partial charge >= 0.3 is 0 Å². The van der Waals surface area contributed by atoms with Crippen LogP contribution in [0.1, 0.15) is 90.9 Å². The number of aliphatic hydroxyl groups excluding tert-OH is 1. The van der Waals surface area contributed by atoms with Crippen LogP contribution in [0.3, 0.4) is 0 Å². The van der Waals surface area contributed by atoms with Crippen molar-refractivity contribution >= 4 is 0 Å². The molecule has 2 rings (SSSR count). The van der Waals surface area contributed by atoms with Crippen LogP contribution in [0.25, 0.3) is 0 Å². The molecule has 0 bridgehead atoms. The van der Waals surface area contributed by atoms with Gasteiger partial charge in [-0.1, -0.05) is 46.0 Å². The van der Waals surface area contributed by atoms with Crippen molar-refractivity contribution in [1.29, 1.82) is 0 Å². The SMILES string of the molecule is CC(CCO)CC1(CC2(C)CCCC2)CCCCC1. The summed E-state index contributed by atoms with van der Waals surface area (Å²) in [5.74, 6) is 0.702. The van der Waals surface area contributed by atoms with E-state index >= 15 is 0 Å². The third kappa shape index (κ3) is 4.21. The van der Waals surface area contributed by atoms with Crippen molar-refractivity contribution in [1.82, 2.24) is 0 Å². The Bertz CT molecular complexity index is 259. The van der Waals surface area contributed by atoms with Gasteiger partial charge in [0.25, 0.3) is 0 Å². The van der Waals surface area contributed by atoms with Crippen LogP contribution >= 0.6 is 0 Å². The zero-order valence-electron chi connectivity index (χ0n) is 13.2. The van der Waals surface area contributed by atoms with Crippen LogP contribution in [0.4, 0.5) is 0 Å². The molecule has 2 fully saturated rings. The number of aliphatic hydroxyl groups is 1. The second-order valence-electron chi connectivity index (χ2n) is 8.08. The summed E-state index contributed by atoms with van der Waals surface area (Å²) in [5.41, 5.74) is 1.25. The first-order valence-electron chi connectivity index (χ1n) is 8.68. The molecule has 0 aliphatic heterocycles. The van der Waals surface area contributed by atoms with Gasteiger partial charge in [0.1, 0.15) is 0 Å². The molecule has 0 amide bonds. The van der Waals surface area contributed by atoms with E-state index in [2.05, 4.69) is 13.8 Å². The maximum absolute atomic E-state index is 9.19. The van der Waals surface area contributed by atoms with Crippen LogP contribution < -0.4 is 0 Å². The lowest BCUT2D eigenvalue weighted by atomic mass is 9.61. The minimum atomic E-state index is 0.370. The first-order chi connectivity index (χ1) is 9.08. The van der Waals surface area contributed by atoms with Crippen molar-refractivity contribution in [2.24, 2.45) is 16.7 Å². The monoisotopic (exact) mass is 266 g/mol.